The maximum Gasteiger partial charge on any atom is 0.416 e. The molecule has 2 aliphatic rings. The maximum absolute atomic E-state index is 13.7. The average molecular weight is 591 g/mol. The molecular weight excluding hydrogens is 549 g/mol. The third-order valence-electron chi connectivity index (χ3n) is 8.09. The van der Waals surface area contributed by atoms with E-state index in [-0.39, 0.29) is 42.2 Å². The molecule has 1 fully saturated rings. The fraction of sp³-hybridized carbons (Fsp3) is 0.548. The monoisotopic (exact) mass is 590 g/mol. The molecule has 3 atom stereocenters. The molecule has 42 heavy (non-hydrogen) atoms. The van der Waals surface area contributed by atoms with Crippen molar-refractivity contribution in [1.82, 2.24) is 15.1 Å². The van der Waals surface area contributed by atoms with Crippen molar-refractivity contribution >= 4 is 17.6 Å². The number of carbonyl (C=O) groups excluding carboxylic acids is 2. The van der Waals surface area contributed by atoms with Gasteiger partial charge in [0.1, 0.15) is 11.9 Å². The van der Waals surface area contributed by atoms with E-state index in [0.29, 0.717) is 31.1 Å². The van der Waals surface area contributed by atoms with Gasteiger partial charge < -0.3 is 25.4 Å². The predicted octanol–water partition coefficient (Wildman–Crippen LogP) is 5.51. The molecule has 0 aromatic heterocycles. The number of benzene rings is 2. The molecule has 3 N–H and O–H groups in total. The van der Waals surface area contributed by atoms with Gasteiger partial charge in [0.05, 0.1) is 23.8 Å². The first kappa shape index (κ1) is 31.6. The Labute approximate surface area is 245 Å². The Bertz CT molecular complexity index is 1220. The highest BCUT2D eigenvalue weighted by Crippen LogP contribution is 2.32. The molecule has 0 saturated heterocycles. The zero-order valence-corrected chi connectivity index (χ0v) is 24.4. The smallest absolute Gasteiger partial charge is 0.416 e. The van der Waals surface area contributed by atoms with E-state index in [9.17, 15) is 27.9 Å². The van der Waals surface area contributed by atoms with Gasteiger partial charge in [-0.1, -0.05) is 38.3 Å². The highest BCUT2D eigenvalue weighted by molar-refractivity contribution is 5.99. The molecule has 0 unspecified atom stereocenters. The highest BCUT2D eigenvalue weighted by Gasteiger charge is 2.34. The Balaban J connectivity index is 1.51. The maximum atomic E-state index is 13.7. The molecule has 11 heteroatoms. The van der Waals surface area contributed by atoms with Gasteiger partial charge in [0.15, 0.2) is 0 Å². The van der Waals surface area contributed by atoms with Crippen LogP contribution < -0.4 is 15.4 Å². The Morgan fingerprint density at radius 3 is 2.48 bits per heavy atom. The topological polar surface area (TPSA) is 94.1 Å². The minimum atomic E-state index is -4.39. The molecular formula is C31H41F3N4O4. The highest BCUT2D eigenvalue weighted by atomic mass is 19.4. The zero-order chi connectivity index (χ0) is 30.4. The predicted molar refractivity (Wildman–Crippen MR) is 154 cm³/mol. The van der Waals surface area contributed by atoms with Crippen LogP contribution in [0.4, 0.5) is 23.7 Å². The van der Waals surface area contributed by atoms with Gasteiger partial charge in [-0.2, -0.15) is 13.2 Å². The van der Waals surface area contributed by atoms with Crippen LogP contribution in [-0.4, -0.2) is 71.8 Å². The fourth-order valence-electron chi connectivity index (χ4n) is 5.60. The van der Waals surface area contributed by atoms with Crippen LogP contribution in [0.3, 0.4) is 0 Å². The van der Waals surface area contributed by atoms with Crippen LogP contribution in [0.15, 0.2) is 42.5 Å². The number of rotatable bonds is 8. The molecule has 0 spiro atoms. The van der Waals surface area contributed by atoms with Crippen molar-refractivity contribution in [1.29, 1.82) is 0 Å². The van der Waals surface area contributed by atoms with Crippen LogP contribution in [0.1, 0.15) is 67.4 Å². The van der Waals surface area contributed by atoms with Gasteiger partial charge >= 0.3 is 12.2 Å². The molecule has 1 saturated carbocycles. The van der Waals surface area contributed by atoms with Gasteiger partial charge in [0.2, 0.25) is 0 Å². The summed E-state index contributed by atoms with van der Waals surface area (Å²) in [6.45, 7) is 4.72. The van der Waals surface area contributed by atoms with Gasteiger partial charge in [0.25, 0.3) is 5.91 Å². The number of urea groups is 1. The number of aliphatic hydroxyl groups is 1. The first-order chi connectivity index (χ1) is 19.9. The molecule has 3 amide bonds. The molecule has 230 valence electrons. The first-order valence-corrected chi connectivity index (χ1v) is 14.6. The molecule has 4 rings (SSSR count). The van der Waals surface area contributed by atoms with E-state index in [4.69, 9.17) is 4.74 Å². The lowest BCUT2D eigenvalue weighted by atomic mass is 9.96. The van der Waals surface area contributed by atoms with Crippen LogP contribution >= 0.6 is 0 Å². The van der Waals surface area contributed by atoms with E-state index in [1.807, 2.05) is 18.9 Å². The van der Waals surface area contributed by atoms with Crippen LogP contribution in [-0.2, 0) is 12.7 Å². The summed E-state index contributed by atoms with van der Waals surface area (Å²) >= 11 is 0. The number of amides is 3. The summed E-state index contributed by atoms with van der Waals surface area (Å²) in [5, 5.41) is 15.8. The summed E-state index contributed by atoms with van der Waals surface area (Å²) in [6, 6.07) is 9.45. The van der Waals surface area contributed by atoms with E-state index in [1.54, 1.807) is 30.0 Å². The quantitative estimate of drug-likeness (QED) is 0.377. The Hall–Kier alpha value is -3.31. The lowest BCUT2D eigenvalue weighted by molar-refractivity contribution is -0.137. The van der Waals surface area contributed by atoms with E-state index in [0.717, 1.165) is 43.4 Å². The summed E-state index contributed by atoms with van der Waals surface area (Å²) in [5.41, 5.74) is 0.788. The summed E-state index contributed by atoms with van der Waals surface area (Å²) in [4.78, 5) is 29.9. The first-order valence-electron chi connectivity index (χ1n) is 14.6. The summed E-state index contributed by atoms with van der Waals surface area (Å²) < 4.78 is 45.3. The number of hydrogen-bond donors (Lipinski definition) is 3. The van der Waals surface area contributed by atoms with Crippen LogP contribution in [0.5, 0.6) is 5.75 Å². The number of carbonyl (C=O) groups is 2. The summed E-state index contributed by atoms with van der Waals surface area (Å²) in [7, 11) is 1.87. The van der Waals surface area contributed by atoms with Crippen molar-refractivity contribution in [2.45, 2.75) is 76.9 Å². The Morgan fingerprint density at radius 2 is 1.83 bits per heavy atom. The number of anilines is 1. The fourth-order valence-corrected chi connectivity index (χ4v) is 5.60. The Morgan fingerprint density at radius 1 is 1.14 bits per heavy atom. The van der Waals surface area contributed by atoms with Crippen molar-refractivity contribution in [3.8, 4) is 5.75 Å². The molecule has 2 aromatic rings. The number of likely N-dealkylation sites (N-methyl/N-ethyl adjacent to an activating group) is 1. The molecule has 0 bridgehead atoms. The zero-order valence-electron chi connectivity index (χ0n) is 24.4. The average Bonchev–Trinajstić information content (AvgIpc) is 2.95. The van der Waals surface area contributed by atoms with E-state index in [2.05, 4.69) is 10.6 Å². The van der Waals surface area contributed by atoms with E-state index < -0.39 is 17.8 Å². The second kappa shape index (κ2) is 13.8. The number of fused-ring (bicyclic) bond motifs is 1. The minimum Gasteiger partial charge on any atom is -0.488 e. The second-order valence-electron chi connectivity index (χ2n) is 11.7. The number of nitrogens with one attached hydrogen (secondary N) is 2. The van der Waals surface area contributed by atoms with Gasteiger partial charge in [-0.15, -0.1) is 0 Å². The standard InChI is InChI=1S/C31H41F3N4O4/c1-20-16-38(21(2)19-39)29(40)26-15-25(36-30(41)35-24-7-5-4-6-8-24)13-14-27(26)42-28(20)18-37(3)17-22-9-11-23(12-10-22)31(32,33)34/h9-15,20-21,24,28,39H,4-8,16-19H2,1-3H3,(H2,35,36,41)/t20-,21+,28-/m1/s1. The lowest BCUT2D eigenvalue weighted by Crippen LogP contribution is -2.49. The number of nitrogens with zero attached hydrogens (tertiary/aromatic N) is 2. The molecule has 1 heterocycles. The summed E-state index contributed by atoms with van der Waals surface area (Å²) in [5.74, 6) is -0.0515. The molecule has 1 aliphatic carbocycles. The number of halogens is 3. The lowest BCUT2D eigenvalue weighted by Gasteiger charge is -2.38. The van der Waals surface area contributed by atoms with E-state index in [1.165, 1.54) is 18.6 Å². The summed E-state index contributed by atoms with van der Waals surface area (Å²) in [6.07, 6.45) is 0.513. The van der Waals surface area contributed by atoms with Crippen LogP contribution in [0.2, 0.25) is 0 Å². The van der Waals surface area contributed by atoms with Crippen LogP contribution in [0.25, 0.3) is 0 Å². The van der Waals surface area contributed by atoms with Crippen molar-refractivity contribution in [3.63, 3.8) is 0 Å². The number of ether oxygens (including phenoxy) is 1. The van der Waals surface area contributed by atoms with Crippen molar-refractivity contribution in [2.24, 2.45) is 5.92 Å². The van der Waals surface area contributed by atoms with Crippen molar-refractivity contribution < 1.29 is 32.6 Å². The van der Waals surface area contributed by atoms with Gasteiger partial charge in [-0.25, -0.2) is 4.79 Å². The molecule has 0 radical (unpaired) electrons. The van der Waals surface area contributed by atoms with Gasteiger partial charge in [0, 0.05) is 37.3 Å². The Kier molecular flexibility index (Phi) is 10.4. The van der Waals surface area contributed by atoms with Gasteiger partial charge in [-0.3, -0.25) is 9.69 Å². The molecule has 2 aromatic carbocycles. The largest absolute Gasteiger partial charge is 0.488 e. The van der Waals surface area contributed by atoms with Crippen molar-refractivity contribution in [3.05, 3.63) is 59.2 Å². The third kappa shape index (κ3) is 8.16. The SMILES string of the molecule is C[C@@H]1CN([C@@H](C)CO)C(=O)c2cc(NC(=O)NC3CCCCC3)ccc2O[C@@H]1CN(C)Cc1ccc(C(F)(F)F)cc1. The normalized spacial score (nSPS) is 20.8. The number of alkyl halides is 3. The minimum absolute atomic E-state index is 0.120. The van der Waals surface area contributed by atoms with E-state index >= 15 is 0 Å². The van der Waals surface area contributed by atoms with Crippen LogP contribution in [0, 0.1) is 5.92 Å². The van der Waals surface area contributed by atoms with Gasteiger partial charge in [-0.05, 0) is 62.7 Å². The molecule has 8 nitrogen and oxygen atoms in total. The third-order valence-corrected chi connectivity index (χ3v) is 8.09. The number of aliphatic hydroxyl groups excluding tert-OH is 1. The molecule has 1 aliphatic heterocycles. The number of hydrogen-bond acceptors (Lipinski definition) is 5. The second-order valence-corrected chi connectivity index (χ2v) is 11.7. The van der Waals surface area contributed by atoms with Crippen molar-refractivity contribution in [2.75, 3.05) is 32.1 Å².